The topological polar surface area (TPSA) is 47.1 Å². The van der Waals surface area contributed by atoms with E-state index in [4.69, 9.17) is 9.47 Å². The second kappa shape index (κ2) is 6.31. The number of methoxy groups -OCH3 is 1. The van der Waals surface area contributed by atoms with Gasteiger partial charge in [-0.15, -0.1) is 0 Å². The minimum Gasteiger partial charge on any atom is -0.497 e. The van der Waals surface area contributed by atoms with E-state index in [1.807, 2.05) is 48.5 Å². The van der Waals surface area contributed by atoms with Crippen LogP contribution in [0.2, 0.25) is 0 Å². The number of fused-ring (bicyclic) bond motifs is 1. The van der Waals surface area contributed by atoms with Crippen LogP contribution in [0.4, 0.5) is 0 Å². The molecular formula is C17H18N2O2. The van der Waals surface area contributed by atoms with Gasteiger partial charge in [-0.1, -0.05) is 12.1 Å². The lowest BCUT2D eigenvalue weighted by Crippen LogP contribution is -2.00. The minimum absolute atomic E-state index is 0.670. The molecule has 0 aliphatic heterocycles. The van der Waals surface area contributed by atoms with Crippen LogP contribution in [0.5, 0.6) is 11.5 Å². The van der Waals surface area contributed by atoms with Gasteiger partial charge in [-0.3, -0.25) is 0 Å². The van der Waals surface area contributed by atoms with Gasteiger partial charge >= 0.3 is 0 Å². The van der Waals surface area contributed by atoms with Crippen molar-refractivity contribution >= 4 is 11.0 Å². The third-order valence-corrected chi connectivity index (χ3v) is 3.32. The summed E-state index contributed by atoms with van der Waals surface area (Å²) in [6.45, 7) is 0.670. The first-order valence-electron chi connectivity index (χ1n) is 7.05. The Labute approximate surface area is 123 Å². The van der Waals surface area contributed by atoms with Gasteiger partial charge in [0.2, 0.25) is 0 Å². The summed E-state index contributed by atoms with van der Waals surface area (Å²) in [5.74, 6) is 2.71. The smallest absolute Gasteiger partial charge is 0.119 e. The van der Waals surface area contributed by atoms with E-state index in [2.05, 4.69) is 9.97 Å². The summed E-state index contributed by atoms with van der Waals surface area (Å²) in [7, 11) is 1.66. The van der Waals surface area contributed by atoms with Crippen molar-refractivity contribution in [2.45, 2.75) is 12.8 Å². The van der Waals surface area contributed by atoms with Crippen LogP contribution in [0.3, 0.4) is 0 Å². The van der Waals surface area contributed by atoms with Crippen LogP contribution in [-0.4, -0.2) is 23.7 Å². The molecule has 0 amide bonds. The van der Waals surface area contributed by atoms with Gasteiger partial charge in [0.25, 0.3) is 0 Å². The molecule has 4 heteroatoms. The monoisotopic (exact) mass is 282 g/mol. The Balaban J connectivity index is 1.49. The molecule has 0 bridgehead atoms. The number of imidazole rings is 1. The van der Waals surface area contributed by atoms with E-state index in [0.29, 0.717) is 6.61 Å². The lowest BCUT2D eigenvalue weighted by atomic mass is 10.3. The van der Waals surface area contributed by atoms with Crippen molar-refractivity contribution in [3.8, 4) is 11.5 Å². The number of nitrogens with one attached hydrogen (secondary N) is 1. The summed E-state index contributed by atoms with van der Waals surface area (Å²) >= 11 is 0. The second-order valence-electron chi connectivity index (χ2n) is 4.83. The summed E-state index contributed by atoms with van der Waals surface area (Å²) in [6, 6.07) is 15.7. The van der Waals surface area contributed by atoms with Crippen molar-refractivity contribution in [2.75, 3.05) is 13.7 Å². The molecule has 108 valence electrons. The first-order valence-corrected chi connectivity index (χ1v) is 7.05. The largest absolute Gasteiger partial charge is 0.497 e. The van der Waals surface area contributed by atoms with Gasteiger partial charge < -0.3 is 14.5 Å². The molecule has 1 aromatic heterocycles. The van der Waals surface area contributed by atoms with E-state index in [9.17, 15) is 0 Å². The van der Waals surface area contributed by atoms with Gasteiger partial charge in [0, 0.05) is 6.42 Å². The standard InChI is InChI=1S/C17H18N2O2/c1-20-13-8-10-14(11-9-13)21-12-4-7-17-18-15-5-2-3-6-16(15)19-17/h2-3,5-6,8-11H,4,7,12H2,1H3,(H,18,19). The minimum atomic E-state index is 0.670. The molecule has 0 spiro atoms. The molecule has 0 saturated carbocycles. The predicted molar refractivity (Wildman–Crippen MR) is 82.9 cm³/mol. The first-order chi connectivity index (χ1) is 10.3. The van der Waals surface area contributed by atoms with Crippen molar-refractivity contribution in [1.29, 1.82) is 0 Å². The number of aromatic nitrogens is 2. The van der Waals surface area contributed by atoms with Crippen molar-refractivity contribution in [3.63, 3.8) is 0 Å². The number of hydrogen-bond donors (Lipinski definition) is 1. The summed E-state index contributed by atoms with van der Waals surface area (Å²) in [4.78, 5) is 7.88. The van der Waals surface area contributed by atoms with E-state index in [-0.39, 0.29) is 0 Å². The van der Waals surface area contributed by atoms with Gasteiger partial charge in [0.05, 0.1) is 24.8 Å². The number of nitrogens with zero attached hydrogens (tertiary/aromatic N) is 1. The summed E-state index contributed by atoms with van der Waals surface area (Å²) in [5, 5.41) is 0. The highest BCUT2D eigenvalue weighted by molar-refractivity contribution is 5.74. The molecule has 2 aromatic carbocycles. The van der Waals surface area contributed by atoms with Crippen molar-refractivity contribution in [1.82, 2.24) is 9.97 Å². The number of ether oxygens (including phenoxy) is 2. The number of aromatic amines is 1. The molecule has 0 radical (unpaired) electrons. The average molecular weight is 282 g/mol. The van der Waals surface area contributed by atoms with Crippen molar-refractivity contribution in [2.24, 2.45) is 0 Å². The van der Waals surface area contributed by atoms with E-state index in [1.54, 1.807) is 7.11 Å². The highest BCUT2D eigenvalue weighted by atomic mass is 16.5. The van der Waals surface area contributed by atoms with Gasteiger partial charge in [0.1, 0.15) is 17.3 Å². The number of rotatable bonds is 6. The molecule has 1 N–H and O–H groups in total. The SMILES string of the molecule is COc1ccc(OCCCc2nc3ccccc3[nH]2)cc1. The van der Waals surface area contributed by atoms with Crippen molar-refractivity contribution in [3.05, 3.63) is 54.4 Å². The van der Waals surface area contributed by atoms with E-state index in [1.165, 1.54) is 0 Å². The fourth-order valence-electron chi connectivity index (χ4n) is 2.23. The predicted octanol–water partition coefficient (Wildman–Crippen LogP) is 3.58. The highest BCUT2D eigenvalue weighted by Crippen LogP contribution is 2.17. The van der Waals surface area contributed by atoms with Gasteiger partial charge in [-0.25, -0.2) is 4.98 Å². The van der Waals surface area contributed by atoms with Crippen LogP contribution < -0.4 is 9.47 Å². The molecule has 1 heterocycles. The molecule has 4 nitrogen and oxygen atoms in total. The van der Waals surface area contributed by atoms with Gasteiger partial charge in [-0.2, -0.15) is 0 Å². The van der Waals surface area contributed by atoms with Crippen LogP contribution in [0.1, 0.15) is 12.2 Å². The van der Waals surface area contributed by atoms with Crippen LogP contribution >= 0.6 is 0 Å². The van der Waals surface area contributed by atoms with E-state index >= 15 is 0 Å². The maximum absolute atomic E-state index is 5.70. The Morgan fingerprint density at radius 1 is 1.00 bits per heavy atom. The molecule has 0 saturated heterocycles. The fourth-order valence-corrected chi connectivity index (χ4v) is 2.23. The molecule has 0 atom stereocenters. The van der Waals surface area contributed by atoms with Gasteiger partial charge in [-0.05, 0) is 42.8 Å². The Hall–Kier alpha value is -2.49. The molecule has 0 unspecified atom stereocenters. The Morgan fingerprint density at radius 3 is 2.52 bits per heavy atom. The molecular weight excluding hydrogens is 264 g/mol. The van der Waals surface area contributed by atoms with E-state index < -0.39 is 0 Å². The third kappa shape index (κ3) is 3.34. The number of para-hydroxylation sites is 2. The Morgan fingerprint density at radius 2 is 1.76 bits per heavy atom. The van der Waals surface area contributed by atoms with Crippen LogP contribution in [0.25, 0.3) is 11.0 Å². The number of aryl methyl sites for hydroxylation is 1. The van der Waals surface area contributed by atoms with Crippen LogP contribution in [0.15, 0.2) is 48.5 Å². The summed E-state index contributed by atoms with van der Waals surface area (Å²) in [5.41, 5.74) is 2.10. The normalized spacial score (nSPS) is 10.7. The molecule has 3 aromatic rings. The molecule has 0 fully saturated rings. The zero-order chi connectivity index (χ0) is 14.5. The summed E-state index contributed by atoms with van der Waals surface area (Å²) in [6.07, 6.45) is 1.80. The number of benzene rings is 2. The average Bonchev–Trinajstić information content (AvgIpc) is 2.95. The first kappa shape index (κ1) is 13.5. The zero-order valence-corrected chi connectivity index (χ0v) is 12.0. The molecule has 0 aliphatic rings. The fraction of sp³-hybridized carbons (Fsp3) is 0.235. The van der Waals surface area contributed by atoms with E-state index in [0.717, 1.165) is 41.2 Å². The zero-order valence-electron chi connectivity index (χ0n) is 12.0. The quantitative estimate of drug-likeness (QED) is 0.703. The molecule has 0 aliphatic carbocycles. The summed E-state index contributed by atoms with van der Waals surface area (Å²) < 4.78 is 10.8. The number of hydrogen-bond acceptors (Lipinski definition) is 3. The lowest BCUT2D eigenvalue weighted by Gasteiger charge is -2.06. The number of H-pyrrole nitrogens is 1. The maximum Gasteiger partial charge on any atom is 0.119 e. The third-order valence-electron chi connectivity index (χ3n) is 3.32. The van der Waals surface area contributed by atoms with Crippen LogP contribution in [-0.2, 0) is 6.42 Å². The Bertz CT molecular complexity index is 671. The molecule has 21 heavy (non-hydrogen) atoms. The van der Waals surface area contributed by atoms with Crippen molar-refractivity contribution < 1.29 is 9.47 Å². The molecule has 3 rings (SSSR count). The van der Waals surface area contributed by atoms with Crippen LogP contribution in [0, 0.1) is 0 Å². The van der Waals surface area contributed by atoms with Gasteiger partial charge in [0.15, 0.2) is 0 Å². The lowest BCUT2D eigenvalue weighted by molar-refractivity contribution is 0.309. The Kier molecular flexibility index (Phi) is 4.05. The highest BCUT2D eigenvalue weighted by Gasteiger charge is 2.02. The maximum atomic E-state index is 5.70. The second-order valence-corrected chi connectivity index (χ2v) is 4.83.